The molecule has 4 heterocycles. The number of piperazine rings is 1. The quantitative estimate of drug-likeness (QED) is 0.532. The number of carbonyl (C=O) groups is 1. The van der Waals surface area contributed by atoms with E-state index in [1.807, 2.05) is 36.1 Å². The van der Waals surface area contributed by atoms with E-state index in [1.54, 1.807) is 6.92 Å². The molecule has 2 aliphatic rings. The first-order chi connectivity index (χ1) is 17.8. The van der Waals surface area contributed by atoms with Crippen LogP contribution in [0.4, 0.5) is 5.82 Å². The molecule has 0 saturated carbocycles. The number of amides is 1. The van der Waals surface area contributed by atoms with Crippen molar-refractivity contribution in [2.75, 3.05) is 37.6 Å². The Morgan fingerprint density at radius 1 is 1.08 bits per heavy atom. The molecule has 0 aliphatic carbocycles. The predicted molar refractivity (Wildman–Crippen MR) is 140 cm³/mol. The van der Waals surface area contributed by atoms with Crippen LogP contribution in [0.1, 0.15) is 48.0 Å². The number of halogens is 1. The maximum Gasteiger partial charge on any atom is 0.271 e. The molecular weight excluding hydrogens is 494 g/mol. The monoisotopic (exact) mass is 525 g/mol. The first-order valence-corrected chi connectivity index (χ1v) is 13.2. The lowest BCUT2D eigenvalue weighted by Crippen LogP contribution is -2.58. The summed E-state index contributed by atoms with van der Waals surface area (Å²) in [6, 6.07) is 8.53. The number of aryl methyl sites for hydroxylation is 2. The maximum atomic E-state index is 12.9. The Hall–Kier alpha value is -3.24. The second kappa shape index (κ2) is 10.6. The molecule has 10 nitrogen and oxygen atoms in total. The van der Waals surface area contributed by atoms with Crippen LogP contribution in [0.2, 0.25) is 5.15 Å². The van der Waals surface area contributed by atoms with E-state index < -0.39 is 0 Å². The molecule has 0 bridgehead atoms. The molecular formula is C26H32ClN7O3. The highest BCUT2D eigenvalue weighted by Gasteiger charge is 2.35. The molecule has 1 atom stereocenters. The number of anilines is 1. The molecule has 11 heteroatoms. The highest BCUT2D eigenvalue weighted by molar-refractivity contribution is 6.31. The minimum absolute atomic E-state index is 0.0759. The summed E-state index contributed by atoms with van der Waals surface area (Å²) in [5.41, 5.74) is 1.98. The Bertz CT molecular complexity index is 1260. The molecule has 2 saturated heterocycles. The number of hydrogen-bond acceptors (Lipinski definition) is 9. The van der Waals surface area contributed by atoms with Crippen molar-refractivity contribution >= 4 is 23.3 Å². The fourth-order valence-electron chi connectivity index (χ4n) is 5.32. The molecule has 2 aromatic heterocycles. The summed E-state index contributed by atoms with van der Waals surface area (Å²) in [4.78, 5) is 28.2. The zero-order valence-corrected chi connectivity index (χ0v) is 22.1. The Labute approximate surface area is 221 Å². The fourth-order valence-corrected chi connectivity index (χ4v) is 5.57. The van der Waals surface area contributed by atoms with Gasteiger partial charge in [0.05, 0.1) is 0 Å². The number of carbonyl (C=O) groups excluding carboxylic acids is 1. The summed E-state index contributed by atoms with van der Waals surface area (Å²) in [5, 5.41) is 18.4. The van der Waals surface area contributed by atoms with Gasteiger partial charge in [-0.2, -0.15) is 4.98 Å². The summed E-state index contributed by atoms with van der Waals surface area (Å²) in [7, 11) is 0. The van der Waals surface area contributed by atoms with Gasteiger partial charge in [-0.25, -0.2) is 4.98 Å². The summed E-state index contributed by atoms with van der Waals surface area (Å²) in [5.74, 6) is 0.727. The third kappa shape index (κ3) is 5.26. The van der Waals surface area contributed by atoms with Gasteiger partial charge in [-0.15, -0.1) is 10.2 Å². The zero-order valence-electron chi connectivity index (χ0n) is 21.4. The Morgan fingerprint density at radius 2 is 1.81 bits per heavy atom. The van der Waals surface area contributed by atoms with E-state index in [2.05, 4.69) is 36.9 Å². The SMILES string of the molecule is CC[C@H]1CN(c2nc(O)c(-c3nnc(C)o3)nc2Cl)CCN1C1CCN(C(=O)c2ccc(C)cc2)CC1. The minimum Gasteiger partial charge on any atom is -0.492 e. The third-order valence-corrected chi connectivity index (χ3v) is 7.62. The fraction of sp³-hybridized carbons (Fsp3) is 0.500. The molecule has 2 aliphatic heterocycles. The summed E-state index contributed by atoms with van der Waals surface area (Å²) in [6.07, 6.45) is 2.87. The molecule has 0 spiro atoms. The number of aromatic nitrogens is 4. The number of benzene rings is 1. The van der Waals surface area contributed by atoms with Gasteiger partial charge in [0.1, 0.15) is 0 Å². The van der Waals surface area contributed by atoms with Crippen LogP contribution in [0.3, 0.4) is 0 Å². The van der Waals surface area contributed by atoms with Crippen molar-refractivity contribution in [1.82, 2.24) is 30.0 Å². The van der Waals surface area contributed by atoms with Crippen LogP contribution in [0.5, 0.6) is 5.88 Å². The third-order valence-electron chi connectivity index (χ3n) is 7.36. The van der Waals surface area contributed by atoms with Gasteiger partial charge in [0.25, 0.3) is 11.8 Å². The van der Waals surface area contributed by atoms with Crippen LogP contribution in [0.15, 0.2) is 28.7 Å². The minimum atomic E-state index is -0.288. The Kier molecular flexibility index (Phi) is 7.30. The molecule has 37 heavy (non-hydrogen) atoms. The predicted octanol–water partition coefficient (Wildman–Crippen LogP) is 3.71. The van der Waals surface area contributed by atoms with E-state index in [4.69, 9.17) is 16.0 Å². The molecule has 3 aromatic rings. The van der Waals surface area contributed by atoms with Crippen LogP contribution in [-0.4, -0.2) is 85.8 Å². The van der Waals surface area contributed by atoms with Crippen molar-refractivity contribution in [2.45, 2.75) is 52.1 Å². The van der Waals surface area contributed by atoms with Crippen LogP contribution >= 0.6 is 11.6 Å². The van der Waals surface area contributed by atoms with Crippen molar-refractivity contribution in [3.05, 3.63) is 46.4 Å². The number of hydrogen-bond donors (Lipinski definition) is 1. The molecule has 196 valence electrons. The summed E-state index contributed by atoms with van der Waals surface area (Å²) in [6.45, 7) is 9.68. The number of aromatic hydroxyl groups is 1. The zero-order chi connectivity index (χ0) is 26.1. The second-order valence-electron chi connectivity index (χ2n) is 9.77. The van der Waals surface area contributed by atoms with Gasteiger partial charge < -0.3 is 19.3 Å². The highest BCUT2D eigenvalue weighted by Crippen LogP contribution is 2.33. The standard InChI is InChI=1S/C26H32ClN7O3/c1-4-19-15-33(23-22(27)28-21(24(35)29-23)25-31-30-17(3)37-25)13-14-34(19)20-9-11-32(12-10-20)26(36)18-7-5-16(2)6-8-18/h5-8,19-20H,4,9-15H2,1-3H3,(H,29,35)/t19-/m0/s1. The van der Waals surface area contributed by atoms with Gasteiger partial charge in [0.2, 0.25) is 11.8 Å². The second-order valence-corrected chi connectivity index (χ2v) is 10.1. The van der Waals surface area contributed by atoms with E-state index in [1.165, 1.54) is 0 Å². The maximum absolute atomic E-state index is 12.9. The molecule has 1 amide bonds. The number of nitrogens with zero attached hydrogens (tertiary/aromatic N) is 7. The lowest BCUT2D eigenvalue weighted by Gasteiger charge is -2.47. The van der Waals surface area contributed by atoms with E-state index in [9.17, 15) is 9.90 Å². The first kappa shape index (κ1) is 25.4. The molecule has 5 rings (SSSR count). The van der Waals surface area contributed by atoms with Crippen molar-refractivity contribution in [2.24, 2.45) is 0 Å². The van der Waals surface area contributed by atoms with Gasteiger partial charge >= 0.3 is 0 Å². The van der Waals surface area contributed by atoms with Crippen LogP contribution in [0.25, 0.3) is 11.6 Å². The van der Waals surface area contributed by atoms with Crippen LogP contribution in [-0.2, 0) is 0 Å². The number of likely N-dealkylation sites (tertiary alicyclic amines) is 1. The Balaban J connectivity index is 1.23. The lowest BCUT2D eigenvalue weighted by molar-refractivity contribution is 0.0490. The summed E-state index contributed by atoms with van der Waals surface area (Å²) < 4.78 is 5.37. The van der Waals surface area contributed by atoms with Gasteiger partial charge in [0, 0.05) is 57.3 Å². The average Bonchev–Trinajstić information content (AvgIpc) is 3.35. The van der Waals surface area contributed by atoms with Crippen molar-refractivity contribution in [1.29, 1.82) is 0 Å². The molecule has 2 fully saturated rings. The van der Waals surface area contributed by atoms with Crippen molar-refractivity contribution in [3.63, 3.8) is 0 Å². The van der Waals surface area contributed by atoms with Crippen LogP contribution < -0.4 is 4.90 Å². The van der Waals surface area contributed by atoms with E-state index in [-0.39, 0.29) is 28.5 Å². The van der Waals surface area contributed by atoms with Crippen LogP contribution in [0, 0.1) is 13.8 Å². The van der Waals surface area contributed by atoms with E-state index in [0.29, 0.717) is 30.3 Å². The molecule has 0 radical (unpaired) electrons. The van der Waals surface area contributed by atoms with Gasteiger partial charge in [0.15, 0.2) is 16.7 Å². The van der Waals surface area contributed by atoms with E-state index in [0.717, 1.165) is 56.6 Å². The highest BCUT2D eigenvalue weighted by atomic mass is 35.5. The smallest absolute Gasteiger partial charge is 0.271 e. The van der Waals surface area contributed by atoms with Gasteiger partial charge in [-0.1, -0.05) is 36.2 Å². The van der Waals surface area contributed by atoms with E-state index >= 15 is 0 Å². The van der Waals surface area contributed by atoms with Gasteiger partial charge in [-0.05, 0) is 38.3 Å². The van der Waals surface area contributed by atoms with Crippen molar-refractivity contribution < 1.29 is 14.3 Å². The Morgan fingerprint density at radius 3 is 2.46 bits per heavy atom. The lowest BCUT2D eigenvalue weighted by atomic mass is 9.97. The molecule has 0 unspecified atom stereocenters. The largest absolute Gasteiger partial charge is 0.492 e. The number of piperidine rings is 1. The molecule has 1 aromatic carbocycles. The molecule has 1 N–H and O–H groups in total. The average molecular weight is 526 g/mol. The van der Waals surface area contributed by atoms with Crippen molar-refractivity contribution in [3.8, 4) is 17.5 Å². The first-order valence-electron chi connectivity index (χ1n) is 12.8. The topological polar surface area (TPSA) is 112 Å². The summed E-state index contributed by atoms with van der Waals surface area (Å²) >= 11 is 6.50. The normalized spacial score (nSPS) is 19.4. The number of rotatable bonds is 5. The van der Waals surface area contributed by atoms with Gasteiger partial charge in [-0.3, -0.25) is 9.69 Å².